The molecule has 0 atom stereocenters. The molecule has 0 fully saturated rings. The molecule has 16 heavy (non-hydrogen) atoms. The monoisotopic (exact) mass is 233 g/mol. The predicted molar refractivity (Wildman–Crippen MR) is 54.5 cm³/mol. The van der Waals surface area contributed by atoms with E-state index in [9.17, 15) is 13.2 Å². The van der Waals surface area contributed by atoms with Crippen LogP contribution in [0.5, 0.6) is 5.88 Å². The van der Waals surface area contributed by atoms with Crippen LogP contribution in [0.2, 0.25) is 0 Å². The molecule has 1 aromatic rings. The van der Waals surface area contributed by atoms with Crippen LogP contribution in [0.3, 0.4) is 0 Å². The smallest absolute Gasteiger partial charge is 0.421 e. The Morgan fingerprint density at radius 1 is 1.19 bits per heavy atom. The number of hydrogen-bond donors (Lipinski definition) is 0. The Hall–Kier alpha value is -1.26. The van der Waals surface area contributed by atoms with E-state index in [0.717, 1.165) is 6.07 Å². The van der Waals surface area contributed by atoms with E-state index in [1.54, 1.807) is 0 Å². The third kappa shape index (κ3) is 2.65. The Balaban J connectivity index is 3.34. The van der Waals surface area contributed by atoms with Crippen LogP contribution in [0.15, 0.2) is 12.3 Å². The molecule has 0 bridgehead atoms. The Bertz CT molecular complexity index is 380. The number of pyridine rings is 1. The highest BCUT2D eigenvalue weighted by Gasteiger charge is 2.36. The third-order valence-corrected chi connectivity index (χ3v) is 2.22. The van der Waals surface area contributed by atoms with Gasteiger partial charge in [0, 0.05) is 6.20 Å². The number of aromatic nitrogens is 1. The Morgan fingerprint density at radius 2 is 1.75 bits per heavy atom. The molecule has 0 N–H and O–H groups in total. The highest BCUT2D eigenvalue weighted by Crippen LogP contribution is 2.37. The number of nitrogens with zero attached hydrogens (tertiary/aromatic N) is 1. The van der Waals surface area contributed by atoms with Crippen LogP contribution in [0, 0.1) is 0 Å². The van der Waals surface area contributed by atoms with Gasteiger partial charge in [0.05, 0.1) is 7.11 Å². The van der Waals surface area contributed by atoms with Crippen molar-refractivity contribution in [3.05, 3.63) is 23.4 Å². The first-order chi connectivity index (χ1) is 7.16. The van der Waals surface area contributed by atoms with E-state index in [2.05, 4.69) is 9.72 Å². The summed E-state index contributed by atoms with van der Waals surface area (Å²) in [5.41, 5.74) is -0.678. The van der Waals surface area contributed by atoms with Gasteiger partial charge in [0.2, 0.25) is 5.88 Å². The molecule has 0 aliphatic carbocycles. The van der Waals surface area contributed by atoms with Gasteiger partial charge in [0.1, 0.15) is 5.56 Å². The highest BCUT2D eigenvalue weighted by atomic mass is 19.4. The Labute approximate surface area is 92.5 Å². The van der Waals surface area contributed by atoms with Crippen molar-refractivity contribution in [1.29, 1.82) is 0 Å². The maximum absolute atomic E-state index is 12.7. The van der Waals surface area contributed by atoms with E-state index in [4.69, 9.17) is 0 Å². The fraction of sp³-hybridized carbons (Fsp3) is 0.545. The zero-order chi connectivity index (χ0) is 12.6. The van der Waals surface area contributed by atoms with Gasteiger partial charge in [0.25, 0.3) is 0 Å². The number of halogens is 3. The van der Waals surface area contributed by atoms with Crippen molar-refractivity contribution in [2.24, 2.45) is 0 Å². The van der Waals surface area contributed by atoms with Crippen molar-refractivity contribution >= 4 is 0 Å². The molecule has 1 aromatic heterocycles. The van der Waals surface area contributed by atoms with E-state index < -0.39 is 11.7 Å². The summed E-state index contributed by atoms with van der Waals surface area (Å²) in [6.07, 6.45) is -3.03. The van der Waals surface area contributed by atoms with E-state index in [0.29, 0.717) is 5.56 Å². The first kappa shape index (κ1) is 12.8. The van der Waals surface area contributed by atoms with Crippen molar-refractivity contribution < 1.29 is 17.9 Å². The second-order valence-electron chi connectivity index (χ2n) is 4.53. The largest absolute Gasteiger partial charge is 0.481 e. The minimum atomic E-state index is -4.44. The normalized spacial score (nSPS) is 12.7. The summed E-state index contributed by atoms with van der Waals surface area (Å²) in [7, 11) is 1.17. The maximum atomic E-state index is 12.7. The molecule has 1 heterocycles. The van der Waals surface area contributed by atoms with Crippen LogP contribution in [0.4, 0.5) is 13.2 Å². The molecular formula is C11H14F3NO. The quantitative estimate of drug-likeness (QED) is 0.741. The average Bonchev–Trinajstić information content (AvgIpc) is 2.14. The lowest BCUT2D eigenvalue weighted by Gasteiger charge is -2.20. The van der Waals surface area contributed by atoms with Gasteiger partial charge < -0.3 is 4.74 Å². The van der Waals surface area contributed by atoms with Crippen LogP contribution in [0.25, 0.3) is 0 Å². The summed E-state index contributed by atoms with van der Waals surface area (Å²) in [6, 6.07) is 1.09. The molecule has 0 aliphatic rings. The van der Waals surface area contributed by atoms with Gasteiger partial charge in [-0.15, -0.1) is 0 Å². The average molecular weight is 233 g/mol. The number of methoxy groups -OCH3 is 1. The third-order valence-electron chi connectivity index (χ3n) is 2.22. The molecule has 0 unspecified atom stereocenters. The molecule has 2 nitrogen and oxygen atoms in total. The number of rotatable bonds is 1. The summed E-state index contributed by atoms with van der Waals surface area (Å²) in [5.74, 6) is -0.388. The summed E-state index contributed by atoms with van der Waals surface area (Å²) >= 11 is 0. The maximum Gasteiger partial charge on any atom is 0.421 e. The zero-order valence-corrected chi connectivity index (χ0v) is 9.64. The molecule has 0 radical (unpaired) electrons. The van der Waals surface area contributed by atoms with Gasteiger partial charge >= 0.3 is 6.18 Å². The fourth-order valence-electron chi connectivity index (χ4n) is 1.23. The SMILES string of the molecule is COc1ncc(C(C)(C)C)cc1C(F)(F)F. The summed E-state index contributed by atoms with van der Waals surface area (Å²) in [5, 5.41) is 0. The van der Waals surface area contributed by atoms with E-state index in [-0.39, 0.29) is 11.3 Å². The Kier molecular flexibility index (Phi) is 3.17. The molecule has 0 aliphatic heterocycles. The number of ether oxygens (including phenoxy) is 1. The summed E-state index contributed by atoms with van der Waals surface area (Å²) in [4.78, 5) is 3.69. The molecular weight excluding hydrogens is 219 g/mol. The van der Waals surface area contributed by atoms with Crippen LogP contribution in [-0.2, 0) is 11.6 Å². The highest BCUT2D eigenvalue weighted by molar-refractivity contribution is 5.35. The van der Waals surface area contributed by atoms with Gasteiger partial charge in [-0.2, -0.15) is 13.2 Å². The second-order valence-corrected chi connectivity index (χ2v) is 4.53. The van der Waals surface area contributed by atoms with Crippen molar-refractivity contribution in [1.82, 2.24) is 4.98 Å². The minimum Gasteiger partial charge on any atom is -0.481 e. The van der Waals surface area contributed by atoms with Crippen molar-refractivity contribution in [2.45, 2.75) is 32.4 Å². The summed E-state index contributed by atoms with van der Waals surface area (Å²) in [6.45, 7) is 5.49. The van der Waals surface area contributed by atoms with E-state index in [1.165, 1.54) is 13.3 Å². The summed E-state index contributed by atoms with van der Waals surface area (Å²) < 4.78 is 42.7. The van der Waals surface area contributed by atoms with Crippen LogP contribution in [-0.4, -0.2) is 12.1 Å². The lowest BCUT2D eigenvalue weighted by Crippen LogP contribution is -2.16. The molecule has 0 spiro atoms. The minimum absolute atomic E-state index is 0.376. The van der Waals surface area contributed by atoms with Crippen molar-refractivity contribution in [3.8, 4) is 5.88 Å². The standard InChI is InChI=1S/C11H14F3NO/c1-10(2,3)7-5-8(11(12,13)14)9(16-4)15-6-7/h5-6H,1-4H3. The van der Waals surface area contributed by atoms with E-state index >= 15 is 0 Å². The molecule has 90 valence electrons. The van der Waals surface area contributed by atoms with Crippen LogP contribution < -0.4 is 4.74 Å². The Morgan fingerprint density at radius 3 is 2.12 bits per heavy atom. The molecule has 0 saturated heterocycles. The second kappa shape index (κ2) is 3.96. The van der Waals surface area contributed by atoms with Gasteiger partial charge in [-0.1, -0.05) is 20.8 Å². The lowest BCUT2D eigenvalue weighted by molar-refractivity contribution is -0.139. The van der Waals surface area contributed by atoms with E-state index in [1.807, 2.05) is 20.8 Å². The van der Waals surface area contributed by atoms with Crippen molar-refractivity contribution in [2.75, 3.05) is 7.11 Å². The van der Waals surface area contributed by atoms with Gasteiger partial charge in [-0.05, 0) is 17.0 Å². The van der Waals surface area contributed by atoms with Crippen LogP contribution >= 0.6 is 0 Å². The first-order valence-electron chi connectivity index (χ1n) is 4.78. The molecule has 1 rings (SSSR count). The lowest BCUT2D eigenvalue weighted by atomic mass is 9.87. The van der Waals surface area contributed by atoms with Crippen LogP contribution in [0.1, 0.15) is 31.9 Å². The number of alkyl halides is 3. The molecule has 0 amide bonds. The first-order valence-corrected chi connectivity index (χ1v) is 4.78. The molecule has 5 heteroatoms. The molecule has 0 saturated carbocycles. The van der Waals surface area contributed by atoms with Gasteiger partial charge in [-0.3, -0.25) is 0 Å². The number of hydrogen-bond acceptors (Lipinski definition) is 2. The zero-order valence-electron chi connectivity index (χ0n) is 9.64. The van der Waals surface area contributed by atoms with Crippen molar-refractivity contribution in [3.63, 3.8) is 0 Å². The topological polar surface area (TPSA) is 22.1 Å². The molecule has 0 aromatic carbocycles. The predicted octanol–water partition coefficient (Wildman–Crippen LogP) is 3.41. The van der Waals surface area contributed by atoms with Gasteiger partial charge in [-0.25, -0.2) is 4.98 Å². The fourth-order valence-corrected chi connectivity index (χ4v) is 1.23. The van der Waals surface area contributed by atoms with Gasteiger partial charge in [0.15, 0.2) is 0 Å².